The van der Waals surface area contributed by atoms with Crippen molar-refractivity contribution in [2.75, 3.05) is 12.3 Å². The van der Waals surface area contributed by atoms with Crippen molar-refractivity contribution in [2.24, 2.45) is 0 Å². The highest BCUT2D eigenvalue weighted by atomic mass is 32.2. The van der Waals surface area contributed by atoms with E-state index in [2.05, 4.69) is 4.72 Å². The third-order valence-electron chi connectivity index (χ3n) is 2.50. The number of nitrogens with one attached hydrogen (secondary N) is 1. The quantitative estimate of drug-likeness (QED) is 0.521. The first-order chi connectivity index (χ1) is 8.86. The minimum absolute atomic E-state index is 0.0167. The zero-order valence-electron chi connectivity index (χ0n) is 10.6. The van der Waals surface area contributed by atoms with Crippen molar-refractivity contribution >= 4 is 15.7 Å². The van der Waals surface area contributed by atoms with Crippen molar-refractivity contribution in [1.29, 1.82) is 5.26 Å². The fourth-order valence-corrected chi connectivity index (χ4v) is 2.76. The normalized spacial score (nSPS) is 12.9. The molecule has 19 heavy (non-hydrogen) atoms. The Kier molecular flexibility index (Phi) is 5.30. The third kappa shape index (κ3) is 4.52. The smallest absolute Gasteiger partial charge is 0.241 e. The molecule has 0 spiro atoms. The Hall–Kier alpha value is -1.62. The van der Waals surface area contributed by atoms with Crippen molar-refractivity contribution in [3.8, 4) is 6.07 Å². The first-order valence-electron chi connectivity index (χ1n) is 5.84. The van der Waals surface area contributed by atoms with Gasteiger partial charge in [-0.05, 0) is 38.0 Å². The maximum absolute atomic E-state index is 12.0. The first-order valence-corrected chi connectivity index (χ1v) is 7.32. The molecule has 0 aromatic heterocycles. The standard InChI is InChI=1S/C12H17N3O3S/c1-9(16)3-2-6-15-19(17,18)12-5-4-11(14)7-10(12)8-13/h4-5,7,9,15-16H,2-3,6,14H2,1H3. The van der Waals surface area contributed by atoms with Crippen LogP contribution in [-0.2, 0) is 10.0 Å². The molecule has 0 aliphatic heterocycles. The highest BCUT2D eigenvalue weighted by molar-refractivity contribution is 7.89. The van der Waals surface area contributed by atoms with Gasteiger partial charge in [-0.3, -0.25) is 0 Å². The third-order valence-corrected chi connectivity index (χ3v) is 4.02. The molecule has 7 heteroatoms. The van der Waals surface area contributed by atoms with E-state index in [0.29, 0.717) is 18.5 Å². The molecule has 1 atom stereocenters. The van der Waals surface area contributed by atoms with Gasteiger partial charge in [0.05, 0.1) is 16.6 Å². The van der Waals surface area contributed by atoms with Gasteiger partial charge < -0.3 is 10.8 Å². The van der Waals surface area contributed by atoms with E-state index in [9.17, 15) is 8.42 Å². The van der Waals surface area contributed by atoms with Crippen LogP contribution in [0.2, 0.25) is 0 Å². The minimum Gasteiger partial charge on any atom is -0.399 e. The predicted octanol–water partition coefficient (Wildman–Crippen LogP) is 0.580. The summed E-state index contributed by atoms with van der Waals surface area (Å²) in [5.41, 5.74) is 5.86. The second-order valence-corrected chi connectivity index (χ2v) is 5.99. The number of aliphatic hydroxyl groups is 1. The molecule has 4 N–H and O–H groups in total. The summed E-state index contributed by atoms with van der Waals surface area (Å²) < 4.78 is 26.4. The largest absolute Gasteiger partial charge is 0.399 e. The van der Waals surface area contributed by atoms with Gasteiger partial charge in [-0.2, -0.15) is 5.26 Å². The molecule has 0 radical (unpaired) electrons. The van der Waals surface area contributed by atoms with Crippen LogP contribution in [0.5, 0.6) is 0 Å². The van der Waals surface area contributed by atoms with Crippen molar-refractivity contribution in [3.05, 3.63) is 23.8 Å². The summed E-state index contributed by atoms with van der Waals surface area (Å²) in [6.07, 6.45) is 0.569. The van der Waals surface area contributed by atoms with E-state index < -0.39 is 16.1 Å². The molecule has 0 bridgehead atoms. The molecule has 0 amide bonds. The number of rotatable bonds is 6. The lowest BCUT2D eigenvalue weighted by Crippen LogP contribution is -2.26. The van der Waals surface area contributed by atoms with Gasteiger partial charge >= 0.3 is 0 Å². The molecule has 1 aromatic rings. The predicted molar refractivity (Wildman–Crippen MR) is 71.7 cm³/mol. The molecule has 1 unspecified atom stereocenters. The van der Waals surface area contributed by atoms with Crippen molar-refractivity contribution in [1.82, 2.24) is 4.72 Å². The molecule has 0 fully saturated rings. The number of aliphatic hydroxyl groups excluding tert-OH is 1. The molecule has 0 aliphatic rings. The molecule has 0 saturated carbocycles. The summed E-state index contributed by atoms with van der Waals surface area (Å²) in [5, 5.41) is 18.0. The van der Waals surface area contributed by atoms with Crippen LogP contribution in [0, 0.1) is 11.3 Å². The number of sulfonamides is 1. The van der Waals surface area contributed by atoms with E-state index in [1.807, 2.05) is 6.07 Å². The van der Waals surface area contributed by atoms with E-state index in [0.717, 1.165) is 0 Å². The van der Waals surface area contributed by atoms with Crippen LogP contribution in [0.1, 0.15) is 25.3 Å². The van der Waals surface area contributed by atoms with Gasteiger partial charge in [-0.25, -0.2) is 13.1 Å². The Balaban J connectivity index is 2.81. The zero-order valence-corrected chi connectivity index (χ0v) is 11.4. The van der Waals surface area contributed by atoms with Crippen LogP contribution in [0.3, 0.4) is 0 Å². The summed E-state index contributed by atoms with van der Waals surface area (Å²) in [7, 11) is -3.73. The molecular formula is C12H17N3O3S. The van der Waals surface area contributed by atoms with Crippen LogP contribution < -0.4 is 10.5 Å². The number of nitrogens with zero attached hydrogens (tertiary/aromatic N) is 1. The lowest BCUT2D eigenvalue weighted by Gasteiger charge is -2.09. The Bertz CT molecular complexity index is 576. The van der Waals surface area contributed by atoms with Gasteiger partial charge in [-0.1, -0.05) is 0 Å². The van der Waals surface area contributed by atoms with E-state index in [1.54, 1.807) is 6.92 Å². The van der Waals surface area contributed by atoms with Gasteiger partial charge in [0, 0.05) is 12.2 Å². The van der Waals surface area contributed by atoms with Crippen LogP contribution in [-0.4, -0.2) is 26.2 Å². The topological polar surface area (TPSA) is 116 Å². The first kappa shape index (κ1) is 15.4. The zero-order chi connectivity index (χ0) is 14.5. The number of anilines is 1. The van der Waals surface area contributed by atoms with Gasteiger partial charge in [0.1, 0.15) is 6.07 Å². The number of hydrogen-bond acceptors (Lipinski definition) is 5. The summed E-state index contributed by atoms with van der Waals surface area (Å²) >= 11 is 0. The molecule has 6 nitrogen and oxygen atoms in total. The lowest BCUT2D eigenvalue weighted by molar-refractivity contribution is 0.182. The maximum Gasteiger partial charge on any atom is 0.241 e. The van der Waals surface area contributed by atoms with Gasteiger partial charge in [0.25, 0.3) is 0 Å². The Morgan fingerprint density at radius 2 is 2.21 bits per heavy atom. The second kappa shape index (κ2) is 6.52. The Morgan fingerprint density at radius 3 is 2.79 bits per heavy atom. The number of nitrogen functional groups attached to an aromatic ring is 1. The molecule has 0 saturated heterocycles. The monoisotopic (exact) mass is 283 g/mol. The maximum atomic E-state index is 12.0. The van der Waals surface area contributed by atoms with Gasteiger partial charge in [0.2, 0.25) is 10.0 Å². The highest BCUT2D eigenvalue weighted by Gasteiger charge is 2.18. The van der Waals surface area contributed by atoms with Gasteiger partial charge in [-0.15, -0.1) is 0 Å². The molecule has 0 heterocycles. The summed E-state index contributed by atoms with van der Waals surface area (Å²) in [4.78, 5) is -0.0822. The SMILES string of the molecule is CC(O)CCCNS(=O)(=O)c1ccc(N)cc1C#N. The van der Waals surface area contributed by atoms with Crippen molar-refractivity contribution in [3.63, 3.8) is 0 Å². The van der Waals surface area contributed by atoms with Crippen LogP contribution >= 0.6 is 0 Å². The molecule has 0 aliphatic carbocycles. The summed E-state index contributed by atoms with van der Waals surface area (Å²) in [6, 6.07) is 5.88. The lowest BCUT2D eigenvalue weighted by atomic mass is 10.2. The molecule has 1 aromatic carbocycles. The fourth-order valence-electron chi connectivity index (χ4n) is 1.55. The molecule has 104 valence electrons. The molecule has 1 rings (SSSR count). The minimum atomic E-state index is -3.73. The highest BCUT2D eigenvalue weighted by Crippen LogP contribution is 2.17. The van der Waals surface area contributed by atoms with Crippen LogP contribution in [0.25, 0.3) is 0 Å². The van der Waals surface area contributed by atoms with Crippen molar-refractivity contribution in [2.45, 2.75) is 30.8 Å². The Morgan fingerprint density at radius 1 is 1.53 bits per heavy atom. The van der Waals surface area contributed by atoms with Crippen molar-refractivity contribution < 1.29 is 13.5 Å². The summed E-state index contributed by atoms with van der Waals surface area (Å²) in [6.45, 7) is 1.85. The average molecular weight is 283 g/mol. The number of hydrogen-bond donors (Lipinski definition) is 3. The second-order valence-electron chi connectivity index (χ2n) is 4.26. The van der Waals surface area contributed by atoms with Crippen LogP contribution in [0.4, 0.5) is 5.69 Å². The van der Waals surface area contributed by atoms with E-state index in [1.165, 1.54) is 18.2 Å². The number of nitrogens with two attached hydrogens (primary N) is 1. The Labute approximate surface area is 112 Å². The fraction of sp³-hybridized carbons (Fsp3) is 0.417. The average Bonchev–Trinajstić information content (AvgIpc) is 2.34. The van der Waals surface area contributed by atoms with E-state index >= 15 is 0 Å². The number of benzene rings is 1. The number of nitriles is 1. The molecular weight excluding hydrogens is 266 g/mol. The van der Waals surface area contributed by atoms with Gasteiger partial charge in [0.15, 0.2) is 0 Å². The van der Waals surface area contributed by atoms with E-state index in [-0.39, 0.29) is 17.0 Å². The van der Waals surface area contributed by atoms with Crippen LogP contribution in [0.15, 0.2) is 23.1 Å². The summed E-state index contributed by atoms with van der Waals surface area (Å²) in [5.74, 6) is 0. The van der Waals surface area contributed by atoms with E-state index in [4.69, 9.17) is 16.1 Å².